The van der Waals surface area contributed by atoms with Crippen molar-refractivity contribution in [1.82, 2.24) is 15.5 Å². The number of aliphatic imine (C=N–C) groups is 1. The van der Waals surface area contributed by atoms with Crippen LogP contribution >= 0.6 is 0 Å². The first-order valence-electron chi connectivity index (χ1n) is 10.9. The predicted octanol–water partition coefficient (Wildman–Crippen LogP) is 2.32. The lowest BCUT2D eigenvalue weighted by molar-refractivity contribution is 0.236. The molecule has 0 saturated carbocycles. The number of hydrogen-bond acceptors (Lipinski definition) is 5. The van der Waals surface area contributed by atoms with Crippen molar-refractivity contribution in [3.63, 3.8) is 0 Å². The molecule has 7 nitrogen and oxygen atoms in total. The number of nitrogens with zero attached hydrogens (tertiary/aromatic N) is 3. The van der Waals surface area contributed by atoms with Gasteiger partial charge < -0.3 is 25.0 Å². The number of anilines is 1. The maximum Gasteiger partial charge on any atom is 0.191 e. The molecule has 2 atom stereocenters. The minimum Gasteiger partial charge on any atom is -0.497 e. The van der Waals surface area contributed by atoms with Gasteiger partial charge in [-0.25, -0.2) is 0 Å². The van der Waals surface area contributed by atoms with E-state index in [1.807, 2.05) is 13.1 Å². The Kier molecular flexibility index (Phi) is 7.86. The quantitative estimate of drug-likeness (QED) is 0.513. The first-order valence-corrected chi connectivity index (χ1v) is 10.9. The molecule has 2 saturated heterocycles. The van der Waals surface area contributed by atoms with Crippen molar-refractivity contribution in [2.75, 3.05) is 58.9 Å². The fourth-order valence-corrected chi connectivity index (χ4v) is 4.33. The van der Waals surface area contributed by atoms with Crippen LogP contribution in [0.1, 0.15) is 32.6 Å². The summed E-state index contributed by atoms with van der Waals surface area (Å²) in [6.07, 6.45) is 4.90. The van der Waals surface area contributed by atoms with Gasteiger partial charge in [0.15, 0.2) is 5.96 Å². The van der Waals surface area contributed by atoms with Gasteiger partial charge in [-0.05, 0) is 38.8 Å². The van der Waals surface area contributed by atoms with E-state index in [2.05, 4.69) is 44.5 Å². The molecule has 0 bridgehead atoms. The van der Waals surface area contributed by atoms with E-state index < -0.39 is 0 Å². The molecule has 1 aromatic rings. The summed E-state index contributed by atoms with van der Waals surface area (Å²) in [6, 6.07) is 7.00. The summed E-state index contributed by atoms with van der Waals surface area (Å²) in [7, 11) is 5.23. The molecule has 2 fully saturated rings. The van der Waals surface area contributed by atoms with Crippen molar-refractivity contribution >= 4 is 11.6 Å². The van der Waals surface area contributed by atoms with Crippen LogP contribution in [0, 0.1) is 0 Å². The Bertz CT molecular complexity index is 653. The Morgan fingerprint density at radius 3 is 2.41 bits per heavy atom. The third-order valence-electron chi connectivity index (χ3n) is 6.09. The highest BCUT2D eigenvalue weighted by Gasteiger charge is 2.25. The summed E-state index contributed by atoms with van der Waals surface area (Å²) in [5, 5.41) is 7.16. The number of ether oxygens (including phenoxy) is 2. The smallest absolute Gasteiger partial charge is 0.191 e. The lowest BCUT2D eigenvalue weighted by atomic mass is 10.2. The van der Waals surface area contributed by atoms with E-state index in [-0.39, 0.29) is 0 Å². The molecular formula is C22H37N5O2. The van der Waals surface area contributed by atoms with Crippen LogP contribution < -0.4 is 25.0 Å². The van der Waals surface area contributed by atoms with E-state index >= 15 is 0 Å². The molecule has 162 valence electrons. The zero-order chi connectivity index (χ0) is 20.6. The minimum atomic E-state index is 0.366. The number of hydrogen-bond donors (Lipinski definition) is 2. The standard InChI is InChI=1S/C22H37N5O2/c1-5-18(26-9-6-7-10-26)15-24-22(23-2)25-17-8-11-27(16-17)19-12-20(28-3)14-21(13-19)29-4/h12-14,17-18H,5-11,15-16H2,1-4H3,(H2,23,24,25). The molecule has 0 amide bonds. The molecule has 2 unspecified atom stereocenters. The van der Waals surface area contributed by atoms with Crippen LogP contribution in [0.5, 0.6) is 11.5 Å². The van der Waals surface area contributed by atoms with Crippen LogP contribution in [0.25, 0.3) is 0 Å². The van der Waals surface area contributed by atoms with E-state index in [0.29, 0.717) is 12.1 Å². The highest BCUT2D eigenvalue weighted by atomic mass is 16.5. The van der Waals surface area contributed by atoms with Gasteiger partial charge in [-0.2, -0.15) is 0 Å². The number of nitrogens with one attached hydrogen (secondary N) is 2. The summed E-state index contributed by atoms with van der Waals surface area (Å²) in [5.41, 5.74) is 1.13. The van der Waals surface area contributed by atoms with Crippen LogP contribution in [-0.2, 0) is 0 Å². The second-order valence-electron chi connectivity index (χ2n) is 7.91. The van der Waals surface area contributed by atoms with E-state index in [4.69, 9.17) is 9.47 Å². The summed E-state index contributed by atoms with van der Waals surface area (Å²) >= 11 is 0. The van der Waals surface area contributed by atoms with Gasteiger partial charge in [0, 0.05) is 62.7 Å². The first kappa shape index (κ1) is 21.6. The molecule has 2 N–H and O–H groups in total. The van der Waals surface area contributed by atoms with Gasteiger partial charge in [-0.3, -0.25) is 9.89 Å². The van der Waals surface area contributed by atoms with E-state index in [9.17, 15) is 0 Å². The second-order valence-corrected chi connectivity index (χ2v) is 7.91. The summed E-state index contributed by atoms with van der Waals surface area (Å²) in [6.45, 7) is 7.61. The molecule has 2 aliphatic rings. The van der Waals surface area contributed by atoms with Gasteiger partial charge in [0.1, 0.15) is 11.5 Å². The third-order valence-corrected chi connectivity index (χ3v) is 6.09. The van der Waals surface area contributed by atoms with Crippen molar-refractivity contribution in [2.24, 2.45) is 4.99 Å². The SMILES string of the molecule is CCC(CNC(=NC)NC1CCN(c2cc(OC)cc(OC)c2)C1)N1CCCC1. The van der Waals surface area contributed by atoms with Gasteiger partial charge in [-0.15, -0.1) is 0 Å². The highest BCUT2D eigenvalue weighted by molar-refractivity contribution is 5.80. The first-order chi connectivity index (χ1) is 14.2. The molecule has 0 radical (unpaired) electrons. The topological polar surface area (TPSA) is 61.4 Å². The minimum absolute atomic E-state index is 0.366. The molecule has 0 aromatic heterocycles. The van der Waals surface area contributed by atoms with Gasteiger partial charge in [-0.1, -0.05) is 6.92 Å². The summed E-state index contributed by atoms with van der Waals surface area (Å²) in [4.78, 5) is 9.43. The number of guanidine groups is 1. The van der Waals surface area contributed by atoms with E-state index in [0.717, 1.165) is 49.2 Å². The molecule has 29 heavy (non-hydrogen) atoms. The number of benzene rings is 1. The molecule has 0 aliphatic carbocycles. The molecule has 1 aromatic carbocycles. The fraction of sp³-hybridized carbons (Fsp3) is 0.682. The van der Waals surface area contributed by atoms with Crippen LogP contribution in [0.3, 0.4) is 0 Å². The second kappa shape index (κ2) is 10.6. The monoisotopic (exact) mass is 403 g/mol. The lowest BCUT2D eigenvalue weighted by Crippen LogP contribution is -2.49. The zero-order valence-electron chi connectivity index (χ0n) is 18.4. The van der Waals surface area contributed by atoms with Gasteiger partial charge in [0.25, 0.3) is 0 Å². The summed E-state index contributed by atoms with van der Waals surface area (Å²) in [5.74, 6) is 2.54. The van der Waals surface area contributed by atoms with Crippen molar-refractivity contribution in [3.05, 3.63) is 18.2 Å². The maximum absolute atomic E-state index is 5.42. The number of likely N-dealkylation sites (tertiary alicyclic amines) is 1. The van der Waals surface area contributed by atoms with Crippen molar-refractivity contribution in [2.45, 2.75) is 44.7 Å². The average molecular weight is 404 g/mol. The third kappa shape index (κ3) is 5.69. The highest BCUT2D eigenvalue weighted by Crippen LogP contribution is 2.30. The van der Waals surface area contributed by atoms with Crippen molar-refractivity contribution in [3.8, 4) is 11.5 Å². The Balaban J connectivity index is 1.53. The Morgan fingerprint density at radius 2 is 1.83 bits per heavy atom. The fourth-order valence-electron chi connectivity index (χ4n) is 4.33. The molecular weight excluding hydrogens is 366 g/mol. The van der Waals surface area contributed by atoms with Gasteiger partial charge in [0.05, 0.1) is 14.2 Å². The zero-order valence-corrected chi connectivity index (χ0v) is 18.4. The lowest BCUT2D eigenvalue weighted by Gasteiger charge is -2.28. The Hall–Kier alpha value is -2.15. The largest absolute Gasteiger partial charge is 0.497 e. The molecule has 2 heterocycles. The van der Waals surface area contributed by atoms with Crippen LogP contribution in [0.2, 0.25) is 0 Å². The molecule has 7 heteroatoms. The predicted molar refractivity (Wildman–Crippen MR) is 120 cm³/mol. The molecule has 0 spiro atoms. The van der Waals surface area contributed by atoms with E-state index in [1.54, 1.807) is 14.2 Å². The van der Waals surface area contributed by atoms with Gasteiger partial charge >= 0.3 is 0 Å². The molecule has 2 aliphatic heterocycles. The Morgan fingerprint density at radius 1 is 1.14 bits per heavy atom. The van der Waals surface area contributed by atoms with Crippen molar-refractivity contribution < 1.29 is 9.47 Å². The van der Waals surface area contributed by atoms with Crippen LogP contribution in [0.15, 0.2) is 23.2 Å². The van der Waals surface area contributed by atoms with Crippen molar-refractivity contribution in [1.29, 1.82) is 0 Å². The number of methoxy groups -OCH3 is 2. The van der Waals surface area contributed by atoms with Crippen LogP contribution in [0.4, 0.5) is 5.69 Å². The summed E-state index contributed by atoms with van der Waals surface area (Å²) < 4.78 is 10.8. The Labute approximate surface area is 175 Å². The average Bonchev–Trinajstić information content (AvgIpc) is 3.45. The van der Waals surface area contributed by atoms with Gasteiger partial charge in [0.2, 0.25) is 0 Å². The van der Waals surface area contributed by atoms with E-state index in [1.165, 1.54) is 32.4 Å². The number of rotatable bonds is 8. The molecule has 3 rings (SSSR count). The normalized spacial score (nSPS) is 21.3. The maximum atomic E-state index is 5.42. The van der Waals surface area contributed by atoms with Crippen LogP contribution in [-0.4, -0.2) is 76.9 Å².